The Morgan fingerprint density at radius 2 is 1.52 bits per heavy atom. The summed E-state index contributed by atoms with van der Waals surface area (Å²) in [6, 6.07) is 8.22. The molecule has 138 valence electrons. The van der Waals surface area contributed by atoms with Crippen molar-refractivity contribution in [2.45, 2.75) is 26.3 Å². The van der Waals surface area contributed by atoms with Crippen LogP contribution in [0.15, 0.2) is 24.3 Å². The summed E-state index contributed by atoms with van der Waals surface area (Å²) in [4.78, 5) is 19.6. The summed E-state index contributed by atoms with van der Waals surface area (Å²) in [6.07, 6.45) is 2.73. The van der Waals surface area contributed by atoms with Gasteiger partial charge in [-0.25, -0.2) is 0 Å². The van der Waals surface area contributed by atoms with Gasteiger partial charge in [0.15, 0.2) is 0 Å². The molecule has 1 N–H and O–H groups in total. The van der Waals surface area contributed by atoms with Gasteiger partial charge in [-0.1, -0.05) is 24.3 Å². The van der Waals surface area contributed by atoms with Crippen molar-refractivity contribution < 1.29 is 4.79 Å². The highest BCUT2D eigenvalue weighted by molar-refractivity contribution is 5.78. The van der Waals surface area contributed by atoms with E-state index in [1.165, 1.54) is 50.1 Å². The van der Waals surface area contributed by atoms with E-state index in [0.29, 0.717) is 13.1 Å². The highest BCUT2D eigenvalue weighted by Gasteiger charge is 2.20. The van der Waals surface area contributed by atoms with E-state index in [2.05, 4.69) is 39.1 Å². The van der Waals surface area contributed by atoms with Crippen LogP contribution in [0.1, 0.15) is 24.0 Å². The molecule has 5 nitrogen and oxygen atoms in total. The van der Waals surface area contributed by atoms with E-state index in [0.717, 1.165) is 26.2 Å². The van der Waals surface area contributed by atoms with Crippen molar-refractivity contribution in [1.29, 1.82) is 0 Å². The van der Waals surface area contributed by atoms with Crippen LogP contribution in [-0.2, 0) is 11.3 Å². The van der Waals surface area contributed by atoms with Gasteiger partial charge in [0.1, 0.15) is 0 Å². The normalized spacial score (nSPS) is 20.0. The SMILES string of the molecule is Cc1ccccc1CNC(=O)CN1CCN(CCN2CCCC2)CC1. The number of nitrogens with zero attached hydrogens (tertiary/aromatic N) is 3. The highest BCUT2D eigenvalue weighted by Crippen LogP contribution is 2.08. The molecule has 2 fully saturated rings. The Bertz CT molecular complexity index is 548. The van der Waals surface area contributed by atoms with Crippen molar-refractivity contribution >= 4 is 5.91 Å². The van der Waals surface area contributed by atoms with Crippen molar-refractivity contribution in [2.24, 2.45) is 0 Å². The maximum absolute atomic E-state index is 12.2. The smallest absolute Gasteiger partial charge is 0.234 e. The number of hydrogen-bond acceptors (Lipinski definition) is 4. The van der Waals surface area contributed by atoms with Gasteiger partial charge < -0.3 is 10.2 Å². The van der Waals surface area contributed by atoms with E-state index in [1.807, 2.05) is 12.1 Å². The molecule has 1 amide bonds. The Morgan fingerprint density at radius 1 is 0.920 bits per heavy atom. The van der Waals surface area contributed by atoms with E-state index >= 15 is 0 Å². The van der Waals surface area contributed by atoms with Gasteiger partial charge in [-0.15, -0.1) is 0 Å². The zero-order chi connectivity index (χ0) is 17.5. The number of amides is 1. The first-order chi connectivity index (χ1) is 12.2. The first-order valence-electron chi connectivity index (χ1n) is 9.69. The monoisotopic (exact) mass is 344 g/mol. The summed E-state index contributed by atoms with van der Waals surface area (Å²) in [5.41, 5.74) is 2.43. The predicted molar refractivity (Wildman–Crippen MR) is 102 cm³/mol. The van der Waals surface area contributed by atoms with Crippen molar-refractivity contribution in [2.75, 3.05) is 58.9 Å². The fourth-order valence-electron chi connectivity index (χ4n) is 3.72. The summed E-state index contributed by atoms with van der Waals surface area (Å²) in [5, 5.41) is 3.06. The van der Waals surface area contributed by atoms with Gasteiger partial charge in [-0.05, 0) is 44.0 Å². The molecule has 0 bridgehead atoms. The Morgan fingerprint density at radius 3 is 2.20 bits per heavy atom. The molecule has 0 saturated carbocycles. The topological polar surface area (TPSA) is 38.8 Å². The van der Waals surface area contributed by atoms with Crippen molar-refractivity contribution in [3.05, 3.63) is 35.4 Å². The van der Waals surface area contributed by atoms with Crippen LogP contribution in [0.2, 0.25) is 0 Å². The molecule has 2 aliphatic heterocycles. The van der Waals surface area contributed by atoms with Gasteiger partial charge in [0, 0.05) is 45.8 Å². The van der Waals surface area contributed by atoms with Gasteiger partial charge in [-0.2, -0.15) is 0 Å². The van der Waals surface area contributed by atoms with Gasteiger partial charge in [0.25, 0.3) is 0 Å². The van der Waals surface area contributed by atoms with Crippen molar-refractivity contribution in [3.63, 3.8) is 0 Å². The third kappa shape index (κ3) is 5.80. The Labute approximate surface area is 152 Å². The number of benzene rings is 1. The summed E-state index contributed by atoms with van der Waals surface area (Å²) in [7, 11) is 0. The molecule has 3 rings (SSSR count). The lowest BCUT2D eigenvalue weighted by molar-refractivity contribution is -0.122. The minimum absolute atomic E-state index is 0.133. The fourth-order valence-corrected chi connectivity index (χ4v) is 3.72. The lowest BCUT2D eigenvalue weighted by Crippen LogP contribution is -2.50. The molecular formula is C20H32N4O. The average Bonchev–Trinajstić information content (AvgIpc) is 3.14. The van der Waals surface area contributed by atoms with E-state index in [4.69, 9.17) is 0 Å². The second-order valence-corrected chi connectivity index (χ2v) is 7.37. The average molecular weight is 345 g/mol. The van der Waals surface area contributed by atoms with Crippen LogP contribution in [0.4, 0.5) is 0 Å². The minimum Gasteiger partial charge on any atom is -0.351 e. The molecule has 2 saturated heterocycles. The van der Waals surface area contributed by atoms with E-state index < -0.39 is 0 Å². The van der Waals surface area contributed by atoms with Crippen LogP contribution in [-0.4, -0.2) is 79.5 Å². The number of carbonyl (C=O) groups is 1. The Hall–Kier alpha value is -1.43. The zero-order valence-corrected chi connectivity index (χ0v) is 15.5. The number of hydrogen-bond donors (Lipinski definition) is 1. The molecule has 2 heterocycles. The first kappa shape index (κ1) is 18.4. The van der Waals surface area contributed by atoms with Crippen molar-refractivity contribution in [3.8, 4) is 0 Å². The zero-order valence-electron chi connectivity index (χ0n) is 15.5. The number of piperazine rings is 1. The molecule has 0 radical (unpaired) electrons. The highest BCUT2D eigenvalue weighted by atomic mass is 16.2. The molecule has 1 aromatic rings. The summed E-state index contributed by atoms with van der Waals surface area (Å²) < 4.78 is 0. The van der Waals surface area contributed by atoms with E-state index in [9.17, 15) is 4.79 Å². The lowest BCUT2D eigenvalue weighted by Gasteiger charge is -2.35. The molecular weight excluding hydrogens is 312 g/mol. The van der Waals surface area contributed by atoms with Gasteiger partial charge in [0.2, 0.25) is 5.91 Å². The molecule has 2 aliphatic rings. The minimum atomic E-state index is 0.133. The van der Waals surface area contributed by atoms with Crippen LogP contribution >= 0.6 is 0 Å². The fraction of sp³-hybridized carbons (Fsp3) is 0.650. The van der Waals surface area contributed by atoms with Gasteiger partial charge in [-0.3, -0.25) is 14.6 Å². The van der Waals surface area contributed by atoms with Crippen LogP contribution in [0.3, 0.4) is 0 Å². The molecule has 25 heavy (non-hydrogen) atoms. The molecule has 0 aromatic heterocycles. The molecule has 0 unspecified atom stereocenters. The Kier molecular flexibility index (Phi) is 6.84. The molecule has 0 spiro atoms. The third-order valence-corrected chi connectivity index (χ3v) is 5.50. The predicted octanol–water partition coefficient (Wildman–Crippen LogP) is 1.32. The summed E-state index contributed by atoms with van der Waals surface area (Å²) in [5.74, 6) is 0.133. The number of nitrogens with one attached hydrogen (secondary N) is 1. The number of aryl methyl sites for hydroxylation is 1. The number of likely N-dealkylation sites (tertiary alicyclic amines) is 1. The lowest BCUT2D eigenvalue weighted by atomic mass is 10.1. The molecule has 5 heteroatoms. The van der Waals surface area contributed by atoms with Crippen molar-refractivity contribution in [1.82, 2.24) is 20.0 Å². The largest absolute Gasteiger partial charge is 0.351 e. The third-order valence-electron chi connectivity index (χ3n) is 5.50. The van der Waals surface area contributed by atoms with Crippen LogP contribution in [0, 0.1) is 6.92 Å². The standard InChI is InChI=1S/C20H32N4O/c1-18-6-2-3-7-19(18)16-21-20(25)17-24-14-12-23(13-15-24)11-10-22-8-4-5-9-22/h2-3,6-7H,4-5,8-17H2,1H3,(H,21,25). The molecule has 0 atom stereocenters. The molecule has 0 aliphatic carbocycles. The van der Waals surface area contributed by atoms with Gasteiger partial charge in [0.05, 0.1) is 6.54 Å². The summed E-state index contributed by atoms with van der Waals surface area (Å²) in [6.45, 7) is 12.3. The second-order valence-electron chi connectivity index (χ2n) is 7.37. The number of carbonyl (C=O) groups excluding carboxylic acids is 1. The maximum Gasteiger partial charge on any atom is 0.234 e. The Balaban J connectivity index is 1.31. The van der Waals surface area contributed by atoms with Crippen LogP contribution in [0.5, 0.6) is 0 Å². The van der Waals surface area contributed by atoms with Crippen LogP contribution in [0.25, 0.3) is 0 Å². The van der Waals surface area contributed by atoms with E-state index in [-0.39, 0.29) is 5.91 Å². The van der Waals surface area contributed by atoms with E-state index in [1.54, 1.807) is 0 Å². The first-order valence-corrected chi connectivity index (χ1v) is 9.69. The second kappa shape index (κ2) is 9.32. The van der Waals surface area contributed by atoms with Crippen LogP contribution < -0.4 is 5.32 Å². The maximum atomic E-state index is 12.2. The van der Waals surface area contributed by atoms with Gasteiger partial charge >= 0.3 is 0 Å². The molecule has 1 aromatic carbocycles. The number of rotatable bonds is 7. The summed E-state index contributed by atoms with van der Waals surface area (Å²) >= 11 is 0. The quantitative estimate of drug-likeness (QED) is 0.810.